The number of pyridine rings is 1. The molecular weight excluding hydrogens is 298 g/mol. The largest absolute Gasteiger partial charge is 0.368 e. The normalized spacial score (nSPS) is 18.0. The van der Waals surface area contributed by atoms with Crippen molar-refractivity contribution in [3.8, 4) is 0 Å². The van der Waals surface area contributed by atoms with Gasteiger partial charge < -0.3 is 15.4 Å². The zero-order valence-electron chi connectivity index (χ0n) is 12.7. The first-order chi connectivity index (χ1) is 11.1. The number of nitrogens with two attached hydrogens (primary N) is 1. The van der Waals surface area contributed by atoms with E-state index in [0.717, 1.165) is 5.69 Å². The molecule has 2 aromatic heterocycles. The van der Waals surface area contributed by atoms with Gasteiger partial charge in [-0.15, -0.1) is 0 Å². The average Bonchev–Trinajstić information content (AvgIpc) is 3.00. The maximum absolute atomic E-state index is 12.5. The second-order valence-electron chi connectivity index (χ2n) is 5.36. The van der Waals surface area contributed by atoms with E-state index in [1.807, 2.05) is 6.92 Å². The van der Waals surface area contributed by atoms with Crippen LogP contribution in [0.15, 0.2) is 24.5 Å². The topological polar surface area (TPSA) is 114 Å². The quantitative estimate of drug-likeness (QED) is 0.852. The number of carbonyl (C=O) groups is 2. The van der Waals surface area contributed by atoms with Gasteiger partial charge in [0.1, 0.15) is 6.10 Å². The van der Waals surface area contributed by atoms with Crippen LogP contribution in [0.5, 0.6) is 0 Å². The van der Waals surface area contributed by atoms with Crippen LogP contribution in [0.4, 0.5) is 0 Å². The molecule has 1 aliphatic rings. The van der Waals surface area contributed by atoms with Crippen molar-refractivity contribution in [1.82, 2.24) is 20.1 Å². The molecule has 2 aromatic rings. The molecule has 0 aromatic carbocycles. The van der Waals surface area contributed by atoms with Gasteiger partial charge in [-0.25, -0.2) is 0 Å². The monoisotopic (exact) mass is 315 g/mol. The summed E-state index contributed by atoms with van der Waals surface area (Å²) in [6.07, 6.45) is 2.62. The maximum Gasteiger partial charge on any atom is 0.257 e. The van der Waals surface area contributed by atoms with Crippen molar-refractivity contribution < 1.29 is 14.3 Å². The number of morpholine rings is 1. The molecule has 0 bridgehead atoms. The summed E-state index contributed by atoms with van der Waals surface area (Å²) < 4.78 is 5.70. The minimum absolute atomic E-state index is 0.0849. The van der Waals surface area contributed by atoms with Gasteiger partial charge in [0.15, 0.2) is 0 Å². The zero-order chi connectivity index (χ0) is 16.4. The smallest absolute Gasteiger partial charge is 0.257 e. The molecular formula is C15H17N5O3. The zero-order valence-corrected chi connectivity index (χ0v) is 12.7. The molecule has 3 rings (SSSR count). The van der Waals surface area contributed by atoms with E-state index in [2.05, 4.69) is 15.2 Å². The first-order valence-electron chi connectivity index (χ1n) is 7.23. The Bertz CT molecular complexity index is 725. The fraction of sp³-hybridized carbons (Fsp3) is 0.333. The molecule has 3 heterocycles. The number of H-pyrrole nitrogens is 1. The highest BCUT2D eigenvalue weighted by atomic mass is 16.5. The van der Waals surface area contributed by atoms with E-state index >= 15 is 0 Å². The third kappa shape index (κ3) is 3.07. The number of primary amides is 1. The lowest BCUT2D eigenvalue weighted by Gasteiger charge is -2.32. The van der Waals surface area contributed by atoms with E-state index in [0.29, 0.717) is 36.5 Å². The third-order valence-corrected chi connectivity index (χ3v) is 3.81. The summed E-state index contributed by atoms with van der Waals surface area (Å²) >= 11 is 0. The van der Waals surface area contributed by atoms with E-state index in [-0.39, 0.29) is 12.0 Å². The molecule has 8 heteroatoms. The van der Waals surface area contributed by atoms with Crippen LogP contribution in [-0.2, 0) is 4.74 Å². The number of aromatic nitrogens is 3. The van der Waals surface area contributed by atoms with Crippen LogP contribution in [0.1, 0.15) is 38.2 Å². The summed E-state index contributed by atoms with van der Waals surface area (Å²) in [5.41, 5.74) is 7.50. The molecule has 0 radical (unpaired) electrons. The highest BCUT2D eigenvalue weighted by Gasteiger charge is 2.28. The van der Waals surface area contributed by atoms with E-state index < -0.39 is 5.91 Å². The Hall–Kier alpha value is -2.74. The van der Waals surface area contributed by atoms with Crippen molar-refractivity contribution in [2.24, 2.45) is 5.73 Å². The van der Waals surface area contributed by atoms with E-state index in [4.69, 9.17) is 10.5 Å². The van der Waals surface area contributed by atoms with Gasteiger partial charge in [0.05, 0.1) is 36.2 Å². The Morgan fingerprint density at radius 3 is 2.83 bits per heavy atom. The number of ether oxygens (including phenoxy) is 1. The lowest BCUT2D eigenvalue weighted by Crippen LogP contribution is -2.42. The second-order valence-corrected chi connectivity index (χ2v) is 5.36. The number of aryl methyl sites for hydroxylation is 1. The molecule has 8 nitrogen and oxygen atoms in total. The summed E-state index contributed by atoms with van der Waals surface area (Å²) in [6.45, 7) is 3.14. The molecule has 0 aliphatic carbocycles. The van der Waals surface area contributed by atoms with Gasteiger partial charge in [-0.3, -0.25) is 19.7 Å². The van der Waals surface area contributed by atoms with Crippen molar-refractivity contribution in [1.29, 1.82) is 0 Å². The number of amides is 2. The number of nitrogens with zero attached hydrogens (tertiary/aromatic N) is 3. The van der Waals surface area contributed by atoms with Gasteiger partial charge >= 0.3 is 0 Å². The van der Waals surface area contributed by atoms with Crippen LogP contribution in [0.25, 0.3) is 0 Å². The van der Waals surface area contributed by atoms with Crippen LogP contribution in [0, 0.1) is 6.92 Å². The van der Waals surface area contributed by atoms with Crippen molar-refractivity contribution in [2.45, 2.75) is 13.0 Å². The number of hydrogen-bond donors (Lipinski definition) is 2. The minimum Gasteiger partial charge on any atom is -0.368 e. The van der Waals surface area contributed by atoms with Crippen LogP contribution in [-0.4, -0.2) is 51.6 Å². The average molecular weight is 315 g/mol. The predicted octanol–water partition coefficient (Wildman–Crippen LogP) is 0.426. The van der Waals surface area contributed by atoms with Gasteiger partial charge in [0.25, 0.3) is 5.91 Å². The highest BCUT2D eigenvalue weighted by Crippen LogP contribution is 2.22. The molecule has 2 amide bonds. The van der Waals surface area contributed by atoms with Crippen LogP contribution in [0.3, 0.4) is 0 Å². The second kappa shape index (κ2) is 6.17. The lowest BCUT2D eigenvalue weighted by molar-refractivity contribution is -0.0247. The summed E-state index contributed by atoms with van der Waals surface area (Å²) in [5, 5.41) is 6.64. The van der Waals surface area contributed by atoms with Gasteiger partial charge in [0.2, 0.25) is 5.91 Å². The lowest BCUT2D eigenvalue weighted by atomic mass is 10.1. The minimum atomic E-state index is -0.527. The Morgan fingerprint density at radius 2 is 2.22 bits per heavy atom. The SMILES string of the molecule is Cc1[nH]ncc1C(=O)N1CCOC(c2ccc(C(N)=O)cn2)C1. The number of hydrogen-bond acceptors (Lipinski definition) is 5. The summed E-state index contributed by atoms with van der Waals surface area (Å²) in [6, 6.07) is 3.30. The van der Waals surface area contributed by atoms with Crippen LogP contribution < -0.4 is 5.73 Å². The van der Waals surface area contributed by atoms with Crippen molar-refractivity contribution in [3.05, 3.63) is 47.0 Å². The van der Waals surface area contributed by atoms with Crippen molar-refractivity contribution in [3.63, 3.8) is 0 Å². The summed E-state index contributed by atoms with van der Waals surface area (Å²) in [5.74, 6) is -0.612. The van der Waals surface area contributed by atoms with E-state index in [1.54, 1.807) is 17.0 Å². The molecule has 1 fully saturated rings. The molecule has 1 aliphatic heterocycles. The molecule has 0 spiro atoms. The Labute approximate surface area is 132 Å². The maximum atomic E-state index is 12.5. The molecule has 0 saturated carbocycles. The Balaban J connectivity index is 1.74. The van der Waals surface area contributed by atoms with E-state index in [9.17, 15) is 9.59 Å². The van der Waals surface area contributed by atoms with Crippen LogP contribution in [0.2, 0.25) is 0 Å². The fourth-order valence-corrected chi connectivity index (χ4v) is 2.49. The number of rotatable bonds is 3. The third-order valence-electron chi connectivity index (χ3n) is 3.81. The molecule has 23 heavy (non-hydrogen) atoms. The van der Waals surface area contributed by atoms with Crippen LogP contribution >= 0.6 is 0 Å². The number of carbonyl (C=O) groups excluding carboxylic acids is 2. The first kappa shape index (κ1) is 15.2. The predicted molar refractivity (Wildman–Crippen MR) is 80.7 cm³/mol. The highest BCUT2D eigenvalue weighted by molar-refractivity contribution is 5.95. The molecule has 1 atom stereocenters. The Morgan fingerprint density at radius 1 is 1.39 bits per heavy atom. The van der Waals surface area contributed by atoms with Gasteiger partial charge in [-0.05, 0) is 19.1 Å². The van der Waals surface area contributed by atoms with Crippen molar-refractivity contribution >= 4 is 11.8 Å². The van der Waals surface area contributed by atoms with Gasteiger partial charge in [0, 0.05) is 18.4 Å². The summed E-state index contributed by atoms with van der Waals surface area (Å²) in [4.78, 5) is 29.5. The molecule has 3 N–H and O–H groups in total. The molecule has 1 saturated heterocycles. The number of nitrogens with one attached hydrogen (secondary N) is 1. The van der Waals surface area contributed by atoms with Gasteiger partial charge in [-0.2, -0.15) is 5.10 Å². The van der Waals surface area contributed by atoms with Crippen molar-refractivity contribution in [2.75, 3.05) is 19.7 Å². The standard InChI is InChI=1S/C15H17N5O3/c1-9-11(7-18-19-9)15(22)20-4-5-23-13(8-20)12-3-2-10(6-17-12)14(16)21/h2-3,6-7,13H,4-5,8H2,1H3,(H2,16,21)(H,18,19). The molecule has 120 valence electrons. The summed E-state index contributed by atoms with van der Waals surface area (Å²) in [7, 11) is 0. The van der Waals surface area contributed by atoms with E-state index in [1.165, 1.54) is 12.4 Å². The first-order valence-corrected chi connectivity index (χ1v) is 7.23. The Kier molecular flexibility index (Phi) is 4.07. The fourth-order valence-electron chi connectivity index (χ4n) is 2.49. The number of aromatic amines is 1. The van der Waals surface area contributed by atoms with Gasteiger partial charge in [-0.1, -0.05) is 0 Å². The molecule has 1 unspecified atom stereocenters.